The van der Waals surface area contributed by atoms with Gasteiger partial charge in [-0.1, -0.05) is 30.3 Å². The van der Waals surface area contributed by atoms with Gasteiger partial charge in [0.25, 0.3) is 0 Å². The van der Waals surface area contributed by atoms with E-state index < -0.39 is 5.60 Å². The highest BCUT2D eigenvalue weighted by Gasteiger charge is 2.26. The van der Waals surface area contributed by atoms with Gasteiger partial charge in [0.05, 0.1) is 18.9 Å². The van der Waals surface area contributed by atoms with Crippen LogP contribution >= 0.6 is 0 Å². The summed E-state index contributed by atoms with van der Waals surface area (Å²) in [5.41, 5.74) is 0.242. The Hall–Kier alpha value is -2.35. The van der Waals surface area contributed by atoms with Crippen molar-refractivity contribution >= 4 is 5.96 Å². The molecule has 2 aromatic rings. The summed E-state index contributed by atoms with van der Waals surface area (Å²) in [6.07, 6.45) is 5.00. The molecule has 1 saturated heterocycles. The van der Waals surface area contributed by atoms with E-state index in [0.29, 0.717) is 17.8 Å². The number of guanidine groups is 1. The number of furan rings is 1. The van der Waals surface area contributed by atoms with Crippen LogP contribution in [0.5, 0.6) is 0 Å². The molecular formula is C25H38N4O3. The van der Waals surface area contributed by atoms with Crippen molar-refractivity contribution in [2.45, 2.75) is 51.4 Å². The summed E-state index contributed by atoms with van der Waals surface area (Å²) in [4.78, 5) is 7.02. The van der Waals surface area contributed by atoms with Crippen molar-refractivity contribution in [1.82, 2.24) is 15.5 Å². The van der Waals surface area contributed by atoms with Crippen LogP contribution in [0.2, 0.25) is 0 Å². The van der Waals surface area contributed by atoms with Gasteiger partial charge in [0, 0.05) is 39.3 Å². The monoisotopic (exact) mass is 442 g/mol. The summed E-state index contributed by atoms with van der Waals surface area (Å²) in [7, 11) is 0. The van der Waals surface area contributed by atoms with E-state index in [2.05, 4.69) is 50.9 Å². The largest absolute Gasteiger partial charge is 0.466 e. The maximum Gasteiger partial charge on any atom is 0.191 e. The summed E-state index contributed by atoms with van der Waals surface area (Å²) in [6, 6.07) is 14.2. The Morgan fingerprint density at radius 1 is 1.19 bits per heavy atom. The Morgan fingerprint density at radius 2 is 1.97 bits per heavy atom. The van der Waals surface area contributed by atoms with Crippen molar-refractivity contribution in [3.05, 3.63) is 60.1 Å². The highest BCUT2D eigenvalue weighted by molar-refractivity contribution is 5.79. The molecule has 0 radical (unpaired) electrons. The van der Waals surface area contributed by atoms with Gasteiger partial charge in [-0.3, -0.25) is 4.90 Å². The molecule has 2 heterocycles. The number of aliphatic hydroxyl groups is 1. The van der Waals surface area contributed by atoms with Crippen LogP contribution in [0.1, 0.15) is 44.4 Å². The van der Waals surface area contributed by atoms with Crippen LogP contribution < -0.4 is 10.6 Å². The smallest absolute Gasteiger partial charge is 0.191 e. The number of rotatable bonds is 11. The number of nitrogens with zero attached hydrogens (tertiary/aromatic N) is 2. The summed E-state index contributed by atoms with van der Waals surface area (Å²) < 4.78 is 11.4. The van der Waals surface area contributed by atoms with E-state index in [4.69, 9.17) is 9.15 Å². The van der Waals surface area contributed by atoms with Crippen LogP contribution in [-0.4, -0.2) is 61.4 Å². The molecule has 1 atom stereocenters. The van der Waals surface area contributed by atoms with Crippen molar-refractivity contribution in [3.63, 3.8) is 0 Å². The van der Waals surface area contributed by atoms with Gasteiger partial charge in [0.2, 0.25) is 0 Å². The molecule has 1 aromatic carbocycles. The average Bonchev–Trinajstić information content (AvgIpc) is 3.35. The van der Waals surface area contributed by atoms with E-state index in [1.54, 1.807) is 25.3 Å². The van der Waals surface area contributed by atoms with E-state index in [0.717, 1.165) is 58.6 Å². The van der Waals surface area contributed by atoms with Crippen molar-refractivity contribution in [1.29, 1.82) is 0 Å². The lowest BCUT2D eigenvalue weighted by Crippen LogP contribution is -2.40. The lowest BCUT2D eigenvalue weighted by molar-refractivity contribution is 0.00533. The van der Waals surface area contributed by atoms with Crippen LogP contribution in [0.3, 0.4) is 0 Å². The predicted molar refractivity (Wildman–Crippen MR) is 128 cm³/mol. The maximum absolute atomic E-state index is 10.6. The first kappa shape index (κ1) is 24.3. The van der Waals surface area contributed by atoms with E-state index in [-0.39, 0.29) is 6.54 Å². The third kappa shape index (κ3) is 7.97. The van der Waals surface area contributed by atoms with E-state index in [9.17, 15) is 5.11 Å². The number of aliphatic imine (C=N–C) groups is 1. The minimum absolute atomic E-state index is 0.216. The normalized spacial score (nSPS) is 17.8. The standard InChI is InChI=1S/C25H38N4O3/c1-3-26-24(28-20-25(2,30)23-11-7-17-32-23)27-14-8-18-31-22-12-15-29(16-13-22)19-21-9-5-4-6-10-21/h4-7,9-11,17,22,30H,3,8,12-16,18-20H2,1-2H3,(H2,26,27,28). The Balaban J connectivity index is 1.31. The molecule has 32 heavy (non-hydrogen) atoms. The molecular weight excluding hydrogens is 404 g/mol. The Bertz CT molecular complexity index is 785. The minimum atomic E-state index is -1.13. The van der Waals surface area contributed by atoms with Gasteiger partial charge < -0.3 is 24.9 Å². The number of benzene rings is 1. The molecule has 0 bridgehead atoms. The average molecular weight is 443 g/mol. The summed E-state index contributed by atoms with van der Waals surface area (Å²) in [6.45, 7) is 9.40. The predicted octanol–water partition coefficient (Wildman–Crippen LogP) is 3.11. The number of ether oxygens (including phenoxy) is 1. The third-order valence-corrected chi connectivity index (χ3v) is 5.69. The van der Waals surface area contributed by atoms with E-state index >= 15 is 0 Å². The quantitative estimate of drug-likeness (QED) is 0.282. The van der Waals surface area contributed by atoms with Gasteiger partial charge in [0.1, 0.15) is 11.4 Å². The van der Waals surface area contributed by atoms with Gasteiger partial charge >= 0.3 is 0 Å². The second kappa shape index (κ2) is 12.6. The van der Waals surface area contributed by atoms with Crippen molar-refractivity contribution in [3.8, 4) is 0 Å². The number of piperidine rings is 1. The van der Waals surface area contributed by atoms with Crippen LogP contribution in [-0.2, 0) is 16.9 Å². The summed E-state index contributed by atoms with van der Waals surface area (Å²) in [5, 5.41) is 17.1. The van der Waals surface area contributed by atoms with Gasteiger partial charge in [-0.05, 0) is 50.8 Å². The van der Waals surface area contributed by atoms with Crippen molar-refractivity contribution in [2.75, 3.05) is 39.3 Å². The third-order valence-electron chi connectivity index (χ3n) is 5.69. The molecule has 1 aromatic heterocycles. The Morgan fingerprint density at radius 3 is 2.66 bits per heavy atom. The van der Waals surface area contributed by atoms with Gasteiger partial charge in [-0.25, -0.2) is 4.99 Å². The molecule has 0 aliphatic carbocycles. The van der Waals surface area contributed by atoms with Crippen molar-refractivity contribution < 1.29 is 14.3 Å². The Kier molecular flexibility index (Phi) is 9.59. The zero-order valence-corrected chi connectivity index (χ0v) is 19.4. The number of likely N-dealkylation sites (tertiary alicyclic amines) is 1. The maximum atomic E-state index is 10.6. The number of nitrogens with one attached hydrogen (secondary N) is 2. The lowest BCUT2D eigenvalue weighted by atomic mass is 10.0. The first-order chi connectivity index (χ1) is 15.6. The lowest BCUT2D eigenvalue weighted by Gasteiger charge is -2.32. The fraction of sp³-hybridized carbons (Fsp3) is 0.560. The molecule has 1 aliphatic heterocycles. The molecule has 0 spiro atoms. The molecule has 0 saturated carbocycles. The molecule has 1 fully saturated rings. The number of hydrogen-bond donors (Lipinski definition) is 3. The topological polar surface area (TPSA) is 82.3 Å². The van der Waals surface area contributed by atoms with Gasteiger partial charge in [-0.15, -0.1) is 0 Å². The Labute approximate surface area is 191 Å². The molecule has 0 amide bonds. The highest BCUT2D eigenvalue weighted by Crippen LogP contribution is 2.21. The van der Waals surface area contributed by atoms with E-state index in [1.165, 1.54) is 5.56 Å². The SMILES string of the molecule is CCNC(=NCC(C)(O)c1ccco1)NCCCOC1CCN(Cc2ccccc2)CC1. The first-order valence-corrected chi connectivity index (χ1v) is 11.7. The van der Waals surface area contributed by atoms with Crippen molar-refractivity contribution in [2.24, 2.45) is 4.99 Å². The van der Waals surface area contributed by atoms with E-state index in [1.807, 2.05) is 6.92 Å². The molecule has 1 aliphatic rings. The zero-order chi connectivity index (χ0) is 22.7. The fourth-order valence-corrected chi connectivity index (χ4v) is 3.84. The molecule has 1 unspecified atom stereocenters. The second-order valence-corrected chi connectivity index (χ2v) is 8.56. The molecule has 176 valence electrons. The summed E-state index contributed by atoms with van der Waals surface area (Å²) >= 11 is 0. The molecule has 3 N–H and O–H groups in total. The van der Waals surface area contributed by atoms with Crippen LogP contribution in [0.15, 0.2) is 58.1 Å². The molecule has 7 heteroatoms. The highest BCUT2D eigenvalue weighted by atomic mass is 16.5. The van der Waals surface area contributed by atoms with Crippen LogP contribution in [0.25, 0.3) is 0 Å². The fourth-order valence-electron chi connectivity index (χ4n) is 3.84. The minimum Gasteiger partial charge on any atom is -0.466 e. The zero-order valence-electron chi connectivity index (χ0n) is 19.4. The summed E-state index contributed by atoms with van der Waals surface area (Å²) in [5.74, 6) is 1.20. The first-order valence-electron chi connectivity index (χ1n) is 11.7. The molecule has 3 rings (SSSR count). The van der Waals surface area contributed by atoms with Crippen LogP contribution in [0.4, 0.5) is 0 Å². The van der Waals surface area contributed by atoms with Gasteiger partial charge in [0.15, 0.2) is 5.96 Å². The second-order valence-electron chi connectivity index (χ2n) is 8.56. The van der Waals surface area contributed by atoms with Crippen LogP contribution in [0, 0.1) is 0 Å². The number of hydrogen-bond acceptors (Lipinski definition) is 5. The van der Waals surface area contributed by atoms with Gasteiger partial charge in [-0.2, -0.15) is 0 Å². The molecule has 7 nitrogen and oxygen atoms in total.